The van der Waals surface area contributed by atoms with Crippen molar-refractivity contribution in [3.8, 4) is 0 Å². The molecule has 102 valence electrons. The molecule has 3 N–H and O–H groups in total. The van der Waals surface area contributed by atoms with Crippen molar-refractivity contribution in [2.45, 2.75) is 6.54 Å². The minimum Gasteiger partial charge on any atom is -0.382 e. The number of rotatable bonds is 3. The second-order valence-electron chi connectivity index (χ2n) is 4.27. The lowest BCUT2D eigenvalue weighted by Gasteiger charge is -2.08. The molecule has 7 heteroatoms. The summed E-state index contributed by atoms with van der Waals surface area (Å²) in [5.74, 6) is 0.513. The Kier molecular flexibility index (Phi) is 3.15. The maximum atomic E-state index is 13.1. The SMILES string of the molecule is Nc1cn2ccnc2c(NCc2ccc(F)c(Cl)c2)n1. The van der Waals surface area contributed by atoms with Gasteiger partial charge in [-0.2, -0.15) is 0 Å². The first kappa shape index (κ1) is 12.7. The van der Waals surface area contributed by atoms with Crippen LogP contribution >= 0.6 is 11.6 Å². The average Bonchev–Trinajstić information content (AvgIpc) is 2.88. The molecule has 0 saturated heterocycles. The first-order valence-corrected chi connectivity index (χ1v) is 6.28. The van der Waals surface area contributed by atoms with Crippen molar-refractivity contribution in [2.24, 2.45) is 0 Å². The van der Waals surface area contributed by atoms with Gasteiger partial charge in [0.15, 0.2) is 11.5 Å². The maximum Gasteiger partial charge on any atom is 0.180 e. The Balaban J connectivity index is 1.86. The molecule has 0 amide bonds. The Morgan fingerprint density at radius 3 is 3.05 bits per heavy atom. The molecule has 20 heavy (non-hydrogen) atoms. The number of hydrogen-bond acceptors (Lipinski definition) is 4. The van der Waals surface area contributed by atoms with E-state index in [0.717, 1.165) is 5.56 Å². The number of benzene rings is 1. The third-order valence-electron chi connectivity index (χ3n) is 2.84. The predicted molar refractivity (Wildman–Crippen MR) is 76.1 cm³/mol. The number of imidazole rings is 1. The summed E-state index contributed by atoms with van der Waals surface area (Å²) in [5, 5.41) is 3.22. The number of hydrogen-bond donors (Lipinski definition) is 2. The molecule has 2 heterocycles. The van der Waals surface area contributed by atoms with Crippen molar-refractivity contribution in [2.75, 3.05) is 11.1 Å². The third-order valence-corrected chi connectivity index (χ3v) is 3.13. The zero-order valence-corrected chi connectivity index (χ0v) is 11.1. The summed E-state index contributed by atoms with van der Waals surface area (Å²) in [7, 11) is 0. The molecule has 0 unspecified atom stereocenters. The largest absolute Gasteiger partial charge is 0.382 e. The Morgan fingerprint density at radius 2 is 2.25 bits per heavy atom. The molecule has 2 aromatic heterocycles. The van der Waals surface area contributed by atoms with Gasteiger partial charge in [-0.1, -0.05) is 17.7 Å². The monoisotopic (exact) mass is 291 g/mol. The number of nitrogens with one attached hydrogen (secondary N) is 1. The highest BCUT2D eigenvalue weighted by molar-refractivity contribution is 6.30. The van der Waals surface area contributed by atoms with E-state index in [4.69, 9.17) is 17.3 Å². The number of halogens is 2. The standard InChI is InChI=1S/C13H11ClFN5/c14-9-5-8(1-2-10(9)15)6-18-12-13-17-3-4-20(13)7-11(16)19-12/h1-5,7H,6,16H2,(H,18,19). The van der Waals surface area contributed by atoms with Crippen LogP contribution < -0.4 is 11.1 Å². The normalized spacial score (nSPS) is 10.9. The summed E-state index contributed by atoms with van der Waals surface area (Å²) in [6, 6.07) is 4.56. The molecule has 0 spiro atoms. The summed E-state index contributed by atoms with van der Waals surface area (Å²) in [5.41, 5.74) is 7.24. The van der Waals surface area contributed by atoms with E-state index in [1.807, 2.05) is 0 Å². The van der Waals surface area contributed by atoms with Crippen LogP contribution in [0, 0.1) is 5.82 Å². The molecule has 0 atom stereocenters. The topological polar surface area (TPSA) is 68.2 Å². The van der Waals surface area contributed by atoms with Crippen LogP contribution in [0.1, 0.15) is 5.56 Å². The number of nitrogen functional groups attached to an aromatic ring is 1. The van der Waals surface area contributed by atoms with E-state index in [2.05, 4.69) is 15.3 Å². The summed E-state index contributed by atoms with van der Waals surface area (Å²) < 4.78 is 14.9. The molecule has 3 rings (SSSR count). The Morgan fingerprint density at radius 1 is 1.40 bits per heavy atom. The van der Waals surface area contributed by atoms with Crippen LogP contribution in [0.5, 0.6) is 0 Å². The fourth-order valence-corrected chi connectivity index (χ4v) is 2.11. The van der Waals surface area contributed by atoms with Crippen LogP contribution in [-0.2, 0) is 6.54 Å². The van der Waals surface area contributed by atoms with Gasteiger partial charge in [-0.05, 0) is 17.7 Å². The highest BCUT2D eigenvalue weighted by Gasteiger charge is 2.06. The number of anilines is 2. The lowest BCUT2D eigenvalue weighted by Crippen LogP contribution is -2.06. The van der Waals surface area contributed by atoms with E-state index in [9.17, 15) is 4.39 Å². The van der Waals surface area contributed by atoms with Crippen LogP contribution in [0.25, 0.3) is 5.65 Å². The van der Waals surface area contributed by atoms with Gasteiger partial charge in [-0.25, -0.2) is 14.4 Å². The van der Waals surface area contributed by atoms with Crippen LogP contribution in [0.4, 0.5) is 16.0 Å². The molecular weight excluding hydrogens is 281 g/mol. The quantitative estimate of drug-likeness (QED) is 0.778. The molecule has 0 aliphatic rings. The second kappa shape index (κ2) is 4.97. The van der Waals surface area contributed by atoms with Gasteiger partial charge < -0.3 is 15.5 Å². The van der Waals surface area contributed by atoms with E-state index in [1.54, 1.807) is 35.1 Å². The van der Waals surface area contributed by atoms with Gasteiger partial charge in [0.25, 0.3) is 0 Å². The van der Waals surface area contributed by atoms with Crippen molar-refractivity contribution in [3.05, 3.63) is 53.2 Å². The lowest BCUT2D eigenvalue weighted by molar-refractivity contribution is 0.627. The van der Waals surface area contributed by atoms with Gasteiger partial charge in [0, 0.05) is 18.9 Å². The van der Waals surface area contributed by atoms with Gasteiger partial charge in [0.05, 0.1) is 11.2 Å². The maximum absolute atomic E-state index is 13.1. The van der Waals surface area contributed by atoms with Gasteiger partial charge in [0.2, 0.25) is 0 Å². The molecule has 0 bridgehead atoms. The summed E-state index contributed by atoms with van der Waals surface area (Å²) in [6.45, 7) is 0.443. The summed E-state index contributed by atoms with van der Waals surface area (Å²) >= 11 is 5.74. The molecule has 0 aliphatic heterocycles. The smallest absolute Gasteiger partial charge is 0.180 e. The molecule has 0 radical (unpaired) electrons. The van der Waals surface area contributed by atoms with E-state index >= 15 is 0 Å². The van der Waals surface area contributed by atoms with Crippen LogP contribution in [0.3, 0.4) is 0 Å². The van der Waals surface area contributed by atoms with Gasteiger partial charge in [-0.3, -0.25) is 0 Å². The van der Waals surface area contributed by atoms with Gasteiger partial charge in [0.1, 0.15) is 11.6 Å². The highest BCUT2D eigenvalue weighted by atomic mass is 35.5. The van der Waals surface area contributed by atoms with Crippen molar-refractivity contribution in [3.63, 3.8) is 0 Å². The molecule has 0 aliphatic carbocycles. The first-order chi connectivity index (χ1) is 9.63. The Hall–Kier alpha value is -2.34. The van der Waals surface area contributed by atoms with E-state index < -0.39 is 5.82 Å². The summed E-state index contributed by atoms with van der Waals surface area (Å²) in [4.78, 5) is 8.40. The van der Waals surface area contributed by atoms with Crippen LogP contribution in [0.2, 0.25) is 5.02 Å². The molecular formula is C13H11ClFN5. The van der Waals surface area contributed by atoms with Crippen LogP contribution in [-0.4, -0.2) is 14.4 Å². The second-order valence-corrected chi connectivity index (χ2v) is 4.68. The van der Waals surface area contributed by atoms with Crippen molar-refractivity contribution < 1.29 is 4.39 Å². The fraction of sp³-hybridized carbons (Fsp3) is 0.0769. The van der Waals surface area contributed by atoms with Crippen LogP contribution in [0.15, 0.2) is 36.8 Å². The van der Waals surface area contributed by atoms with E-state index in [-0.39, 0.29) is 5.02 Å². The lowest BCUT2D eigenvalue weighted by atomic mass is 10.2. The van der Waals surface area contributed by atoms with Crippen molar-refractivity contribution in [1.29, 1.82) is 0 Å². The molecule has 0 saturated carbocycles. The van der Waals surface area contributed by atoms with Gasteiger partial charge >= 0.3 is 0 Å². The molecule has 0 fully saturated rings. The number of aromatic nitrogens is 3. The Labute approximate surface area is 119 Å². The van der Waals surface area contributed by atoms with Crippen molar-refractivity contribution in [1.82, 2.24) is 14.4 Å². The molecule has 5 nitrogen and oxygen atoms in total. The van der Waals surface area contributed by atoms with E-state index in [0.29, 0.717) is 23.8 Å². The fourth-order valence-electron chi connectivity index (χ4n) is 1.91. The minimum absolute atomic E-state index is 0.0933. The number of nitrogens with zero attached hydrogens (tertiary/aromatic N) is 3. The summed E-state index contributed by atoms with van der Waals surface area (Å²) in [6.07, 6.45) is 5.13. The van der Waals surface area contributed by atoms with Gasteiger partial charge in [-0.15, -0.1) is 0 Å². The average molecular weight is 292 g/mol. The minimum atomic E-state index is -0.437. The first-order valence-electron chi connectivity index (χ1n) is 5.90. The zero-order valence-electron chi connectivity index (χ0n) is 10.3. The zero-order chi connectivity index (χ0) is 14.1. The molecule has 1 aromatic carbocycles. The molecule has 3 aromatic rings. The highest BCUT2D eigenvalue weighted by Crippen LogP contribution is 2.19. The third kappa shape index (κ3) is 2.37. The van der Waals surface area contributed by atoms with E-state index in [1.165, 1.54) is 6.07 Å². The number of fused-ring (bicyclic) bond motifs is 1. The predicted octanol–water partition coefficient (Wildman–Crippen LogP) is 2.72. The number of nitrogens with two attached hydrogens (primary N) is 1. The Bertz CT molecular complexity index is 771. The van der Waals surface area contributed by atoms with Crippen molar-refractivity contribution >= 4 is 28.9 Å².